The molecule has 1 aromatic heterocycles. The Morgan fingerprint density at radius 2 is 1.96 bits per heavy atom. The zero-order valence-corrected chi connectivity index (χ0v) is 16.8. The molecule has 0 atom stereocenters. The fourth-order valence-electron chi connectivity index (χ4n) is 3.09. The molecule has 7 nitrogen and oxygen atoms in total. The molecule has 1 aliphatic heterocycles. The van der Waals surface area contributed by atoms with Crippen LogP contribution in [0, 0.1) is 11.3 Å². The van der Waals surface area contributed by atoms with E-state index in [0.29, 0.717) is 31.0 Å². The zero-order chi connectivity index (χ0) is 20.0. The molecule has 1 aliphatic rings. The van der Waals surface area contributed by atoms with Gasteiger partial charge in [-0.25, -0.2) is 8.42 Å². The summed E-state index contributed by atoms with van der Waals surface area (Å²) in [4.78, 5) is 14.7. The normalized spacial score (nSPS) is 15.0. The third-order valence-electron chi connectivity index (χ3n) is 4.50. The summed E-state index contributed by atoms with van der Waals surface area (Å²) in [5, 5.41) is 10.6. The summed E-state index contributed by atoms with van der Waals surface area (Å²) >= 11 is 1.14. The number of sulfonamides is 1. The van der Waals surface area contributed by atoms with Crippen LogP contribution in [-0.2, 0) is 14.8 Å². The number of nitrogens with one attached hydrogen (secondary N) is 1. The molecule has 148 valence electrons. The number of hydrogen-bond acceptors (Lipinski definition) is 6. The maximum atomic E-state index is 13.0. The fourth-order valence-corrected chi connectivity index (χ4v) is 5.14. The molecule has 1 saturated heterocycles. The Balaban J connectivity index is 1.73. The molecule has 3 rings (SSSR count). The summed E-state index contributed by atoms with van der Waals surface area (Å²) in [6, 6.07) is 11.7. The Bertz CT molecular complexity index is 929. The number of benzene rings is 1. The number of nitrogens with zero attached hydrogens (tertiary/aromatic N) is 2. The lowest BCUT2D eigenvalue weighted by molar-refractivity contribution is 0.0296. The first-order chi connectivity index (χ1) is 13.5. The van der Waals surface area contributed by atoms with E-state index in [2.05, 4.69) is 10.8 Å². The molecule has 1 N–H and O–H groups in total. The standard InChI is InChI=1S/C19H21N3O4S2/c20-10-2-11-22(17-8-12-26-13-9-17)19(23)15-4-6-16(7-5-15)21-28(24,25)18-3-1-14-27-18/h1,3-7,14,17,21H,2,8-9,11-13H2. The first kappa shape index (κ1) is 20.3. The van der Waals surface area contributed by atoms with Gasteiger partial charge in [0.15, 0.2) is 0 Å². The summed E-state index contributed by atoms with van der Waals surface area (Å²) in [6.07, 6.45) is 1.76. The Morgan fingerprint density at radius 1 is 1.25 bits per heavy atom. The van der Waals surface area contributed by atoms with Crippen LogP contribution in [-0.4, -0.2) is 45.0 Å². The van der Waals surface area contributed by atoms with Crippen LogP contribution in [0.5, 0.6) is 0 Å². The van der Waals surface area contributed by atoms with Gasteiger partial charge in [0.05, 0.1) is 12.5 Å². The first-order valence-corrected chi connectivity index (χ1v) is 11.3. The smallest absolute Gasteiger partial charge is 0.271 e. The molecule has 2 aromatic rings. The van der Waals surface area contributed by atoms with Crippen LogP contribution in [0.2, 0.25) is 0 Å². The third kappa shape index (κ3) is 4.90. The number of anilines is 1. The number of thiophene rings is 1. The first-order valence-electron chi connectivity index (χ1n) is 8.93. The van der Waals surface area contributed by atoms with Gasteiger partial charge in [0.1, 0.15) is 4.21 Å². The molecule has 0 bridgehead atoms. The molecule has 0 radical (unpaired) electrons. The predicted molar refractivity (Wildman–Crippen MR) is 107 cm³/mol. The number of amides is 1. The summed E-state index contributed by atoms with van der Waals surface area (Å²) in [5.41, 5.74) is 0.850. The van der Waals surface area contributed by atoms with Crippen molar-refractivity contribution in [3.63, 3.8) is 0 Å². The Hall–Kier alpha value is -2.41. The zero-order valence-electron chi connectivity index (χ0n) is 15.2. The van der Waals surface area contributed by atoms with Crippen LogP contribution >= 0.6 is 11.3 Å². The minimum Gasteiger partial charge on any atom is -0.381 e. The van der Waals surface area contributed by atoms with Gasteiger partial charge in [-0.1, -0.05) is 6.07 Å². The van der Waals surface area contributed by atoms with Gasteiger partial charge in [-0.05, 0) is 48.6 Å². The Morgan fingerprint density at radius 3 is 2.57 bits per heavy atom. The summed E-state index contributed by atoms with van der Waals surface area (Å²) in [5.74, 6) is -0.158. The van der Waals surface area contributed by atoms with E-state index >= 15 is 0 Å². The highest BCUT2D eigenvalue weighted by Crippen LogP contribution is 2.22. The third-order valence-corrected chi connectivity index (χ3v) is 7.28. The summed E-state index contributed by atoms with van der Waals surface area (Å²) in [7, 11) is -3.63. The van der Waals surface area contributed by atoms with Crippen LogP contribution in [0.4, 0.5) is 5.69 Å². The van der Waals surface area contributed by atoms with E-state index in [9.17, 15) is 13.2 Å². The largest absolute Gasteiger partial charge is 0.381 e. The number of nitriles is 1. The molecule has 1 aromatic carbocycles. The number of rotatable bonds is 7. The molecular formula is C19H21N3O4S2. The average molecular weight is 420 g/mol. The SMILES string of the molecule is N#CCCN(C(=O)c1ccc(NS(=O)(=O)c2cccs2)cc1)C1CCOCC1. The van der Waals surface area contributed by atoms with Crippen LogP contribution in [0.15, 0.2) is 46.0 Å². The molecular weight excluding hydrogens is 398 g/mol. The van der Waals surface area contributed by atoms with Crippen molar-refractivity contribution in [3.05, 3.63) is 47.3 Å². The predicted octanol–water partition coefficient (Wildman–Crippen LogP) is 3.08. The van der Waals surface area contributed by atoms with Crippen molar-refractivity contribution in [2.75, 3.05) is 24.5 Å². The Labute approximate surface area is 168 Å². The highest BCUT2D eigenvalue weighted by atomic mass is 32.2. The second-order valence-corrected chi connectivity index (χ2v) is 9.22. The molecule has 9 heteroatoms. The second kappa shape index (κ2) is 9.19. The maximum Gasteiger partial charge on any atom is 0.271 e. The van der Waals surface area contributed by atoms with Gasteiger partial charge >= 0.3 is 0 Å². The topological polar surface area (TPSA) is 99.5 Å². The van der Waals surface area contributed by atoms with Crippen molar-refractivity contribution in [2.24, 2.45) is 0 Å². The average Bonchev–Trinajstić information content (AvgIpc) is 3.25. The molecule has 2 heterocycles. The van der Waals surface area contributed by atoms with E-state index in [1.807, 2.05) is 0 Å². The van der Waals surface area contributed by atoms with Crippen molar-refractivity contribution >= 4 is 33.0 Å². The van der Waals surface area contributed by atoms with Crippen molar-refractivity contribution < 1.29 is 17.9 Å². The highest BCUT2D eigenvalue weighted by molar-refractivity contribution is 7.94. The minimum absolute atomic E-state index is 0.0478. The minimum atomic E-state index is -3.63. The van der Waals surface area contributed by atoms with E-state index in [0.717, 1.165) is 24.2 Å². The lowest BCUT2D eigenvalue weighted by Crippen LogP contribution is -2.43. The van der Waals surface area contributed by atoms with Crippen LogP contribution < -0.4 is 4.72 Å². The van der Waals surface area contributed by atoms with Gasteiger partial charge in [0, 0.05) is 37.1 Å². The molecule has 28 heavy (non-hydrogen) atoms. The van der Waals surface area contributed by atoms with Crippen LogP contribution in [0.25, 0.3) is 0 Å². The molecule has 0 unspecified atom stereocenters. The van der Waals surface area contributed by atoms with Gasteiger partial charge < -0.3 is 9.64 Å². The summed E-state index contributed by atoms with van der Waals surface area (Å²) in [6.45, 7) is 1.57. The number of carbonyl (C=O) groups excluding carboxylic acids is 1. The fraction of sp³-hybridized carbons (Fsp3) is 0.368. The highest BCUT2D eigenvalue weighted by Gasteiger charge is 2.26. The molecule has 0 aliphatic carbocycles. The van der Waals surface area contributed by atoms with Gasteiger partial charge in [0.25, 0.3) is 15.9 Å². The second-order valence-electron chi connectivity index (χ2n) is 6.37. The van der Waals surface area contributed by atoms with Gasteiger partial charge in [-0.15, -0.1) is 11.3 Å². The van der Waals surface area contributed by atoms with Crippen molar-refractivity contribution in [1.82, 2.24) is 4.90 Å². The van der Waals surface area contributed by atoms with E-state index in [1.54, 1.807) is 40.6 Å². The number of hydrogen-bond donors (Lipinski definition) is 1. The van der Waals surface area contributed by atoms with Crippen LogP contribution in [0.1, 0.15) is 29.6 Å². The van der Waals surface area contributed by atoms with Gasteiger partial charge in [-0.2, -0.15) is 5.26 Å². The molecule has 0 saturated carbocycles. The maximum absolute atomic E-state index is 13.0. The lowest BCUT2D eigenvalue weighted by Gasteiger charge is -2.34. The van der Waals surface area contributed by atoms with Crippen molar-refractivity contribution in [1.29, 1.82) is 5.26 Å². The van der Waals surface area contributed by atoms with Crippen LogP contribution in [0.3, 0.4) is 0 Å². The van der Waals surface area contributed by atoms with Gasteiger partial charge in [0.2, 0.25) is 0 Å². The van der Waals surface area contributed by atoms with Gasteiger partial charge in [-0.3, -0.25) is 9.52 Å². The van der Waals surface area contributed by atoms with Crippen molar-refractivity contribution in [2.45, 2.75) is 29.5 Å². The number of ether oxygens (including phenoxy) is 1. The lowest BCUT2D eigenvalue weighted by atomic mass is 10.0. The monoisotopic (exact) mass is 419 g/mol. The quantitative estimate of drug-likeness (QED) is 0.743. The van der Waals surface area contributed by atoms with E-state index in [4.69, 9.17) is 10.00 Å². The van der Waals surface area contributed by atoms with Crippen molar-refractivity contribution in [3.8, 4) is 6.07 Å². The molecule has 1 amide bonds. The molecule has 1 fully saturated rings. The number of carbonyl (C=O) groups is 1. The van der Waals surface area contributed by atoms with E-state index < -0.39 is 10.0 Å². The molecule has 0 spiro atoms. The summed E-state index contributed by atoms with van der Waals surface area (Å²) < 4.78 is 32.7. The van der Waals surface area contributed by atoms with E-state index in [1.165, 1.54) is 6.07 Å². The Kier molecular flexibility index (Phi) is 6.67. The van der Waals surface area contributed by atoms with E-state index in [-0.39, 0.29) is 22.6 Å².